The van der Waals surface area contributed by atoms with Crippen LogP contribution in [0.1, 0.15) is 37.9 Å². The van der Waals surface area contributed by atoms with Gasteiger partial charge in [0, 0.05) is 56.8 Å². The van der Waals surface area contributed by atoms with E-state index in [0.29, 0.717) is 60.0 Å². The van der Waals surface area contributed by atoms with Gasteiger partial charge >= 0.3 is 0 Å². The number of hydrogen-bond acceptors (Lipinski definition) is 6. The first kappa shape index (κ1) is 26.0. The van der Waals surface area contributed by atoms with E-state index in [9.17, 15) is 9.59 Å². The van der Waals surface area contributed by atoms with Crippen molar-refractivity contribution in [2.45, 2.75) is 38.5 Å². The zero-order valence-electron chi connectivity index (χ0n) is 22.5. The minimum Gasteiger partial charge on any atom is -0.339 e. The lowest BCUT2D eigenvalue weighted by Crippen LogP contribution is -2.52. The van der Waals surface area contributed by atoms with Gasteiger partial charge in [0.1, 0.15) is 10.4 Å². The molecule has 0 bridgehead atoms. The second kappa shape index (κ2) is 10.5. The van der Waals surface area contributed by atoms with Crippen LogP contribution >= 0.6 is 15.9 Å². The number of hydrogen-bond donors (Lipinski definition) is 0. The van der Waals surface area contributed by atoms with E-state index >= 15 is 0 Å². The predicted octanol–water partition coefficient (Wildman–Crippen LogP) is 4.72. The molecule has 1 aliphatic heterocycles. The van der Waals surface area contributed by atoms with Crippen molar-refractivity contribution < 1.29 is 9.59 Å². The summed E-state index contributed by atoms with van der Waals surface area (Å²) in [4.78, 5) is 47.2. The summed E-state index contributed by atoms with van der Waals surface area (Å²) in [6.07, 6.45) is 8.88. The highest BCUT2D eigenvalue weighted by Crippen LogP contribution is 2.36. The maximum absolute atomic E-state index is 13.3. The Morgan fingerprint density at radius 1 is 1.00 bits per heavy atom. The van der Waals surface area contributed by atoms with E-state index in [1.165, 1.54) is 0 Å². The van der Waals surface area contributed by atoms with Crippen LogP contribution in [-0.2, 0) is 16.0 Å². The summed E-state index contributed by atoms with van der Waals surface area (Å²) in [7, 11) is 0. The third-order valence-corrected chi connectivity index (χ3v) is 9.24. The molecule has 1 aromatic carbocycles. The second-order valence-electron chi connectivity index (χ2n) is 11.4. The summed E-state index contributed by atoms with van der Waals surface area (Å²) in [6.45, 7) is 10.2. The van der Waals surface area contributed by atoms with Crippen LogP contribution in [0, 0.1) is 24.3 Å². The molecule has 1 saturated heterocycles. The highest BCUT2D eigenvalue weighted by Gasteiger charge is 2.37. The summed E-state index contributed by atoms with van der Waals surface area (Å²) in [5.41, 5.74) is 2.54. The SMILES string of the molecule is [C-]#[N+]c1cc(-n2nc(Br)c3cnc(C[C@@H]4CC[C@@H](C(=O)N5CCN(C(=O)C6CC6)CC5)C4)nc32)cc2cccnc12. The number of nitrogens with zero attached hydrogens (tertiary/aromatic N) is 8. The van der Waals surface area contributed by atoms with Crippen molar-refractivity contribution in [3.05, 3.63) is 58.5 Å². The third-order valence-electron chi connectivity index (χ3n) is 8.66. The van der Waals surface area contributed by atoms with Crippen molar-refractivity contribution in [1.82, 2.24) is 34.5 Å². The van der Waals surface area contributed by atoms with Gasteiger partial charge in [-0.3, -0.25) is 14.6 Å². The van der Waals surface area contributed by atoms with Crippen molar-refractivity contribution in [1.29, 1.82) is 0 Å². The highest BCUT2D eigenvalue weighted by atomic mass is 79.9. The van der Waals surface area contributed by atoms with Crippen LogP contribution in [0.4, 0.5) is 5.69 Å². The molecule has 208 valence electrons. The number of piperazine rings is 1. The van der Waals surface area contributed by atoms with E-state index < -0.39 is 0 Å². The summed E-state index contributed by atoms with van der Waals surface area (Å²) in [6, 6.07) is 7.55. The van der Waals surface area contributed by atoms with Crippen LogP contribution in [0.3, 0.4) is 0 Å². The number of amides is 2. The van der Waals surface area contributed by atoms with E-state index in [1.54, 1.807) is 23.1 Å². The number of carbonyl (C=O) groups is 2. The standard InChI is InChI=1S/C30H29BrN8O2/c1-32-24-16-22(15-20-3-2-8-33-26(20)24)39-28-23(27(31)36-39)17-34-25(35-28)14-18-4-5-21(13-18)30(41)38-11-9-37(10-12-38)29(40)19-6-7-19/h2-3,8,15-19,21H,4-7,9-14H2/t18-,21-/m1/s1. The largest absolute Gasteiger partial charge is 0.339 e. The van der Waals surface area contributed by atoms with Crippen LogP contribution in [0.15, 0.2) is 41.3 Å². The van der Waals surface area contributed by atoms with Gasteiger partial charge in [0.25, 0.3) is 0 Å². The molecule has 4 aromatic rings. The van der Waals surface area contributed by atoms with Crippen LogP contribution in [0.2, 0.25) is 0 Å². The van der Waals surface area contributed by atoms with E-state index in [0.717, 1.165) is 54.4 Å². The number of aromatic nitrogens is 5. The number of carbonyl (C=O) groups excluding carboxylic acids is 2. The Balaban J connectivity index is 1.06. The van der Waals surface area contributed by atoms with Gasteiger partial charge < -0.3 is 9.80 Å². The normalized spacial score (nSPS) is 21.0. The van der Waals surface area contributed by atoms with Crippen LogP contribution in [0.25, 0.3) is 32.5 Å². The maximum Gasteiger partial charge on any atom is 0.225 e. The van der Waals surface area contributed by atoms with E-state index in [-0.39, 0.29) is 23.7 Å². The molecular formula is C30H29BrN8O2. The summed E-state index contributed by atoms with van der Waals surface area (Å²) < 4.78 is 2.39. The number of rotatable bonds is 5. The van der Waals surface area contributed by atoms with Gasteiger partial charge in [-0.25, -0.2) is 19.5 Å². The number of pyridine rings is 1. The molecule has 7 rings (SSSR count). The lowest BCUT2D eigenvalue weighted by atomic mass is 10.00. The number of halogens is 1. The fraction of sp³-hybridized carbons (Fsp3) is 0.433. The Labute approximate surface area is 245 Å². The first-order valence-corrected chi connectivity index (χ1v) is 15.0. The average Bonchev–Trinajstić information content (AvgIpc) is 3.67. The van der Waals surface area contributed by atoms with Gasteiger partial charge in [-0.2, -0.15) is 5.10 Å². The Morgan fingerprint density at radius 3 is 2.46 bits per heavy atom. The van der Waals surface area contributed by atoms with Crippen LogP contribution in [0.5, 0.6) is 0 Å². The maximum atomic E-state index is 13.3. The quantitative estimate of drug-likeness (QED) is 0.302. The molecule has 0 radical (unpaired) electrons. The van der Waals surface area contributed by atoms with Crippen molar-refractivity contribution in [2.24, 2.45) is 17.8 Å². The third kappa shape index (κ3) is 4.95. The fourth-order valence-electron chi connectivity index (χ4n) is 6.28. The highest BCUT2D eigenvalue weighted by molar-refractivity contribution is 9.10. The van der Waals surface area contributed by atoms with Crippen molar-refractivity contribution in [2.75, 3.05) is 26.2 Å². The van der Waals surface area contributed by atoms with Gasteiger partial charge in [-0.1, -0.05) is 6.07 Å². The molecule has 2 aliphatic carbocycles. The molecule has 0 N–H and O–H groups in total. The molecule has 41 heavy (non-hydrogen) atoms. The zero-order valence-corrected chi connectivity index (χ0v) is 24.1. The lowest BCUT2D eigenvalue weighted by molar-refractivity contribution is -0.142. The van der Waals surface area contributed by atoms with Crippen molar-refractivity contribution in [3.63, 3.8) is 0 Å². The Bertz CT molecular complexity index is 1720. The minimum absolute atomic E-state index is 0.0207. The van der Waals surface area contributed by atoms with Gasteiger partial charge in [-0.05, 0) is 77.5 Å². The molecule has 0 unspecified atom stereocenters. The molecule has 2 atom stereocenters. The molecule has 2 saturated carbocycles. The first-order chi connectivity index (χ1) is 20.0. The zero-order chi connectivity index (χ0) is 28.1. The molecule has 3 aromatic heterocycles. The van der Waals surface area contributed by atoms with Gasteiger partial charge in [0.05, 0.1) is 23.2 Å². The summed E-state index contributed by atoms with van der Waals surface area (Å²) in [5, 5.41) is 6.32. The smallest absolute Gasteiger partial charge is 0.225 e. The second-order valence-corrected chi connectivity index (χ2v) is 12.1. The molecule has 3 aliphatic rings. The minimum atomic E-state index is 0.0207. The molecule has 11 heteroatoms. The van der Waals surface area contributed by atoms with E-state index in [1.807, 2.05) is 28.0 Å². The Hall–Kier alpha value is -3.91. The van der Waals surface area contributed by atoms with Crippen molar-refractivity contribution in [3.8, 4) is 5.69 Å². The number of benzene rings is 1. The monoisotopic (exact) mass is 612 g/mol. The average molecular weight is 614 g/mol. The lowest BCUT2D eigenvalue weighted by Gasteiger charge is -2.36. The van der Waals surface area contributed by atoms with E-state index in [4.69, 9.17) is 11.6 Å². The predicted molar refractivity (Wildman–Crippen MR) is 156 cm³/mol. The van der Waals surface area contributed by atoms with Crippen LogP contribution in [-0.4, -0.2) is 72.5 Å². The van der Waals surface area contributed by atoms with Crippen LogP contribution < -0.4 is 0 Å². The van der Waals surface area contributed by atoms with Crippen molar-refractivity contribution >= 4 is 55.4 Å². The van der Waals surface area contributed by atoms with Gasteiger partial charge in [0.15, 0.2) is 5.65 Å². The topological polar surface area (TPSA) is 101 Å². The molecule has 2 amide bonds. The van der Waals surface area contributed by atoms with E-state index in [2.05, 4.69) is 35.8 Å². The molecular weight excluding hydrogens is 584 g/mol. The molecule has 0 spiro atoms. The number of fused-ring (bicyclic) bond motifs is 2. The molecule has 4 heterocycles. The summed E-state index contributed by atoms with van der Waals surface area (Å²) in [5.74, 6) is 1.81. The Morgan fingerprint density at radius 2 is 1.73 bits per heavy atom. The molecule has 3 fully saturated rings. The first-order valence-electron chi connectivity index (χ1n) is 14.2. The fourth-order valence-corrected chi connectivity index (χ4v) is 6.72. The van der Waals surface area contributed by atoms with Gasteiger partial charge in [-0.15, -0.1) is 0 Å². The van der Waals surface area contributed by atoms with Gasteiger partial charge in [0.2, 0.25) is 17.5 Å². The Kier molecular flexibility index (Phi) is 6.66. The molecule has 10 nitrogen and oxygen atoms in total. The summed E-state index contributed by atoms with van der Waals surface area (Å²) >= 11 is 3.55.